The molecule has 0 unspecified atom stereocenters. The third kappa shape index (κ3) is 5.18. The fourth-order valence-electron chi connectivity index (χ4n) is 4.24. The normalized spacial score (nSPS) is 17.3. The lowest BCUT2D eigenvalue weighted by Crippen LogP contribution is -2.47. The Bertz CT molecular complexity index is 1240. The van der Waals surface area contributed by atoms with Crippen LogP contribution in [0, 0.1) is 0 Å². The number of rotatable bonds is 6. The molecule has 2 N–H and O–H groups in total. The molecule has 1 aromatic heterocycles. The minimum atomic E-state index is -5.51. The quantitative estimate of drug-likeness (QED) is 0.556. The monoisotopic (exact) mass is 490 g/mol. The standard InChI is InChI=1S/C24H25F3N4O2S/c25-24(26,27)34(32,33)30-15-19-8-4-5-9-23(19)31(16-21-14-20(28)12-13-29-21)22(17-30)11-10-18-6-2-1-3-7-18/h1-9,12-14,22H,10-11,15-17H2,(H2,28,29)/t22-/m0/s1. The summed E-state index contributed by atoms with van der Waals surface area (Å²) >= 11 is 0. The highest BCUT2D eigenvalue weighted by molar-refractivity contribution is 7.89. The van der Waals surface area contributed by atoms with Crippen molar-refractivity contribution in [3.05, 3.63) is 89.7 Å². The summed E-state index contributed by atoms with van der Waals surface area (Å²) in [6, 6.07) is 19.4. The molecular weight excluding hydrogens is 465 g/mol. The average molecular weight is 491 g/mol. The summed E-state index contributed by atoms with van der Waals surface area (Å²) in [5.74, 6) is 0. The van der Waals surface area contributed by atoms with Crippen LogP contribution in [0.5, 0.6) is 0 Å². The zero-order valence-corrected chi connectivity index (χ0v) is 19.1. The molecule has 0 fully saturated rings. The van der Waals surface area contributed by atoms with Crippen LogP contribution in [0.4, 0.5) is 24.5 Å². The maximum absolute atomic E-state index is 13.5. The second kappa shape index (κ2) is 9.63. The third-order valence-corrected chi connectivity index (χ3v) is 7.46. The van der Waals surface area contributed by atoms with E-state index in [0.29, 0.717) is 39.8 Å². The molecule has 3 aromatic rings. The lowest BCUT2D eigenvalue weighted by molar-refractivity contribution is -0.0492. The number of benzene rings is 2. The van der Waals surface area contributed by atoms with Gasteiger partial charge in [0.2, 0.25) is 0 Å². The number of nitrogens with two attached hydrogens (primary N) is 1. The Labute approximate surface area is 196 Å². The minimum Gasteiger partial charge on any atom is -0.399 e. The highest BCUT2D eigenvalue weighted by atomic mass is 32.2. The second-order valence-corrected chi connectivity index (χ2v) is 10.2. The molecule has 6 nitrogen and oxygen atoms in total. The number of aryl methyl sites for hydroxylation is 1. The summed E-state index contributed by atoms with van der Waals surface area (Å²) in [4.78, 5) is 6.31. The van der Waals surface area contributed by atoms with E-state index < -0.39 is 21.6 Å². The van der Waals surface area contributed by atoms with Gasteiger partial charge in [-0.05, 0) is 42.2 Å². The first kappa shape index (κ1) is 24.0. The summed E-state index contributed by atoms with van der Waals surface area (Å²) in [6.07, 6.45) is 2.60. The van der Waals surface area contributed by atoms with Crippen LogP contribution in [0.25, 0.3) is 0 Å². The highest BCUT2D eigenvalue weighted by Crippen LogP contribution is 2.35. The van der Waals surface area contributed by atoms with Crippen LogP contribution in [0.1, 0.15) is 23.2 Å². The van der Waals surface area contributed by atoms with Crippen LogP contribution in [-0.4, -0.2) is 35.8 Å². The van der Waals surface area contributed by atoms with Gasteiger partial charge in [0.25, 0.3) is 0 Å². The van der Waals surface area contributed by atoms with Gasteiger partial charge in [-0.2, -0.15) is 17.5 Å². The van der Waals surface area contributed by atoms with E-state index in [9.17, 15) is 21.6 Å². The number of aromatic nitrogens is 1. The Morgan fingerprint density at radius 1 is 1.03 bits per heavy atom. The van der Waals surface area contributed by atoms with Gasteiger partial charge in [-0.1, -0.05) is 48.5 Å². The number of anilines is 2. The van der Waals surface area contributed by atoms with Crippen molar-refractivity contribution in [3.8, 4) is 0 Å². The average Bonchev–Trinajstić information content (AvgIpc) is 2.95. The molecule has 180 valence electrons. The predicted octanol–water partition coefficient (Wildman–Crippen LogP) is 4.34. The maximum Gasteiger partial charge on any atom is 0.511 e. The molecule has 1 atom stereocenters. The zero-order valence-electron chi connectivity index (χ0n) is 18.3. The summed E-state index contributed by atoms with van der Waals surface area (Å²) in [7, 11) is -5.51. The van der Waals surface area contributed by atoms with Gasteiger partial charge in [0, 0.05) is 36.7 Å². The van der Waals surface area contributed by atoms with Gasteiger partial charge in [0.05, 0.1) is 12.2 Å². The van der Waals surface area contributed by atoms with Gasteiger partial charge in [-0.15, -0.1) is 0 Å². The van der Waals surface area contributed by atoms with Crippen molar-refractivity contribution in [1.82, 2.24) is 9.29 Å². The van der Waals surface area contributed by atoms with Crippen molar-refractivity contribution in [2.24, 2.45) is 0 Å². The number of hydrogen-bond acceptors (Lipinski definition) is 5. The summed E-state index contributed by atoms with van der Waals surface area (Å²) < 4.78 is 66.0. The molecule has 4 rings (SSSR count). The fraction of sp³-hybridized carbons (Fsp3) is 0.292. The Balaban J connectivity index is 1.75. The number of pyridine rings is 1. The molecule has 34 heavy (non-hydrogen) atoms. The van der Waals surface area contributed by atoms with Crippen LogP contribution in [0.15, 0.2) is 72.9 Å². The van der Waals surface area contributed by atoms with Crippen LogP contribution in [-0.2, 0) is 29.5 Å². The van der Waals surface area contributed by atoms with Crippen molar-refractivity contribution >= 4 is 21.4 Å². The molecule has 0 amide bonds. The SMILES string of the molecule is Nc1ccnc(CN2c3ccccc3CN(S(=O)(=O)C(F)(F)F)C[C@@H]2CCc2ccccc2)c1. The first-order valence-corrected chi connectivity index (χ1v) is 12.2. The van der Waals surface area contributed by atoms with Crippen LogP contribution in [0.3, 0.4) is 0 Å². The van der Waals surface area contributed by atoms with Gasteiger partial charge in [0.15, 0.2) is 0 Å². The molecule has 0 aliphatic carbocycles. The molecule has 2 aromatic carbocycles. The number of nitrogen functional groups attached to an aromatic ring is 1. The van der Waals surface area contributed by atoms with Gasteiger partial charge in [0.1, 0.15) is 0 Å². The van der Waals surface area contributed by atoms with E-state index in [0.717, 1.165) is 5.56 Å². The van der Waals surface area contributed by atoms with Crippen LogP contribution >= 0.6 is 0 Å². The molecule has 2 heterocycles. The number of alkyl halides is 3. The maximum atomic E-state index is 13.5. The minimum absolute atomic E-state index is 0.279. The molecule has 0 saturated carbocycles. The van der Waals surface area contributed by atoms with Gasteiger partial charge in [-0.3, -0.25) is 4.98 Å². The number of hydrogen-bond donors (Lipinski definition) is 1. The lowest BCUT2D eigenvalue weighted by atomic mass is 10.0. The number of para-hydroxylation sites is 1. The van der Waals surface area contributed by atoms with Crippen molar-refractivity contribution in [3.63, 3.8) is 0 Å². The number of fused-ring (bicyclic) bond motifs is 1. The first-order chi connectivity index (χ1) is 16.1. The first-order valence-electron chi connectivity index (χ1n) is 10.8. The topological polar surface area (TPSA) is 79.5 Å². The summed E-state index contributed by atoms with van der Waals surface area (Å²) in [5, 5.41) is 0. The fourth-order valence-corrected chi connectivity index (χ4v) is 5.21. The van der Waals surface area contributed by atoms with E-state index in [1.165, 1.54) is 0 Å². The van der Waals surface area contributed by atoms with Gasteiger partial charge in [-0.25, -0.2) is 8.42 Å². The number of sulfonamides is 1. The largest absolute Gasteiger partial charge is 0.511 e. The summed E-state index contributed by atoms with van der Waals surface area (Å²) in [6.45, 7) is -0.381. The number of nitrogens with zero attached hydrogens (tertiary/aromatic N) is 3. The number of halogens is 3. The molecule has 0 bridgehead atoms. The van der Waals surface area contributed by atoms with Crippen LogP contribution < -0.4 is 10.6 Å². The molecule has 0 saturated heterocycles. The summed E-state index contributed by atoms with van der Waals surface area (Å²) in [5.41, 5.74) is 3.91. The molecule has 0 radical (unpaired) electrons. The van der Waals surface area contributed by atoms with E-state index in [2.05, 4.69) is 4.98 Å². The van der Waals surface area contributed by atoms with Crippen molar-refractivity contribution in [1.29, 1.82) is 0 Å². The highest BCUT2D eigenvalue weighted by Gasteiger charge is 2.51. The Morgan fingerprint density at radius 2 is 1.74 bits per heavy atom. The molecule has 1 aliphatic rings. The predicted molar refractivity (Wildman–Crippen MR) is 125 cm³/mol. The van der Waals surface area contributed by atoms with Crippen LogP contribution in [0.2, 0.25) is 0 Å². The Kier molecular flexibility index (Phi) is 6.81. The van der Waals surface area contributed by atoms with Crippen molar-refractivity contribution < 1.29 is 21.6 Å². The van der Waals surface area contributed by atoms with E-state index in [1.54, 1.807) is 42.6 Å². The van der Waals surface area contributed by atoms with Gasteiger partial charge >= 0.3 is 15.5 Å². The lowest BCUT2D eigenvalue weighted by Gasteiger charge is -2.34. The molecule has 10 heteroatoms. The van der Waals surface area contributed by atoms with Crippen molar-refractivity contribution in [2.45, 2.75) is 37.5 Å². The molecular formula is C24H25F3N4O2S. The van der Waals surface area contributed by atoms with E-state index in [-0.39, 0.29) is 19.6 Å². The molecule has 0 spiro atoms. The third-order valence-electron chi connectivity index (χ3n) is 5.92. The van der Waals surface area contributed by atoms with Gasteiger partial charge < -0.3 is 10.6 Å². The van der Waals surface area contributed by atoms with E-state index in [1.807, 2.05) is 35.2 Å². The van der Waals surface area contributed by atoms with E-state index in [4.69, 9.17) is 5.73 Å². The smallest absolute Gasteiger partial charge is 0.399 e. The zero-order chi connectivity index (χ0) is 24.3. The van der Waals surface area contributed by atoms with Crippen molar-refractivity contribution in [2.75, 3.05) is 17.2 Å². The molecule has 1 aliphatic heterocycles. The Morgan fingerprint density at radius 3 is 2.44 bits per heavy atom. The Hall–Kier alpha value is -3.11. The second-order valence-electron chi connectivity index (χ2n) is 8.26. The van der Waals surface area contributed by atoms with E-state index >= 15 is 0 Å².